The van der Waals surface area contributed by atoms with E-state index in [0.29, 0.717) is 6.54 Å². The van der Waals surface area contributed by atoms with Crippen molar-refractivity contribution in [2.24, 2.45) is 5.73 Å². The first-order valence-corrected chi connectivity index (χ1v) is 3.53. The molecule has 0 aliphatic rings. The van der Waals surface area contributed by atoms with Crippen molar-refractivity contribution < 1.29 is 9.90 Å². The number of hydrogen-bond donors (Lipinski definition) is 2. The van der Waals surface area contributed by atoms with Crippen molar-refractivity contribution in [3.05, 3.63) is 12.2 Å². The highest BCUT2D eigenvalue weighted by atomic mass is 16.4. The molecule has 3 N–H and O–H groups in total. The molecular formula is C6H10N4O2. The van der Waals surface area contributed by atoms with Crippen LogP contribution in [0, 0.1) is 0 Å². The Kier molecular flexibility index (Phi) is 2.39. The molecule has 1 unspecified atom stereocenters. The molecule has 1 aromatic rings. The third-order valence-corrected chi connectivity index (χ3v) is 1.49. The topological polar surface area (TPSA) is 94.0 Å². The fraction of sp³-hybridized carbons (Fsp3) is 0.500. The van der Waals surface area contributed by atoms with Crippen molar-refractivity contribution in [3.8, 4) is 0 Å². The van der Waals surface area contributed by atoms with Gasteiger partial charge in [-0.2, -0.15) is 5.10 Å². The smallest absolute Gasteiger partial charge is 0.328 e. The summed E-state index contributed by atoms with van der Waals surface area (Å²) in [4.78, 5) is 14.2. The number of nitrogens with zero attached hydrogens (tertiary/aromatic N) is 3. The predicted octanol–water partition coefficient (Wildman–Crippen LogP) is -0.618. The minimum Gasteiger partial charge on any atom is -0.480 e. The Bertz CT molecular complexity index is 283. The molecule has 12 heavy (non-hydrogen) atoms. The Morgan fingerprint density at radius 3 is 3.08 bits per heavy atom. The van der Waals surface area contributed by atoms with Gasteiger partial charge in [0.1, 0.15) is 6.33 Å². The quantitative estimate of drug-likeness (QED) is 0.630. The van der Waals surface area contributed by atoms with E-state index in [2.05, 4.69) is 10.1 Å². The summed E-state index contributed by atoms with van der Waals surface area (Å²) in [6.45, 7) is 2.41. The van der Waals surface area contributed by atoms with E-state index in [9.17, 15) is 4.79 Å². The molecule has 0 bridgehead atoms. The van der Waals surface area contributed by atoms with Crippen molar-refractivity contribution >= 4 is 5.97 Å². The van der Waals surface area contributed by atoms with Crippen LogP contribution in [0.3, 0.4) is 0 Å². The van der Waals surface area contributed by atoms with Gasteiger partial charge in [0.05, 0.1) is 0 Å². The number of rotatable bonds is 3. The van der Waals surface area contributed by atoms with Crippen molar-refractivity contribution in [1.29, 1.82) is 0 Å². The summed E-state index contributed by atoms with van der Waals surface area (Å²) in [6, 6.07) is -1.09. The summed E-state index contributed by atoms with van der Waals surface area (Å²) in [5.74, 6) is -0.817. The highest BCUT2D eigenvalue weighted by Crippen LogP contribution is 2.05. The molecule has 0 aliphatic heterocycles. The number of aliphatic carboxylic acids is 1. The van der Waals surface area contributed by atoms with Crippen LogP contribution in [0.1, 0.15) is 18.8 Å². The lowest BCUT2D eigenvalue weighted by Gasteiger charge is -2.05. The lowest BCUT2D eigenvalue weighted by atomic mass is 10.3. The van der Waals surface area contributed by atoms with Crippen LogP contribution < -0.4 is 5.73 Å². The van der Waals surface area contributed by atoms with Gasteiger partial charge in [0.2, 0.25) is 0 Å². The van der Waals surface area contributed by atoms with E-state index in [1.54, 1.807) is 0 Å². The van der Waals surface area contributed by atoms with Crippen molar-refractivity contribution in [3.63, 3.8) is 0 Å². The number of aryl methyl sites for hydroxylation is 1. The number of aromatic nitrogens is 3. The van der Waals surface area contributed by atoms with Crippen LogP contribution in [-0.4, -0.2) is 25.8 Å². The lowest BCUT2D eigenvalue weighted by Crippen LogP contribution is -2.24. The zero-order chi connectivity index (χ0) is 9.14. The third-order valence-electron chi connectivity index (χ3n) is 1.49. The standard InChI is InChI=1S/C6H10N4O2/c1-2-10-5(8-3-9-10)4(7)6(11)12/h3-4H,2,7H2,1H3,(H,11,12). The van der Waals surface area contributed by atoms with Crippen LogP contribution in [0.4, 0.5) is 0 Å². The average Bonchev–Trinajstić information content (AvgIpc) is 2.49. The molecule has 0 aromatic carbocycles. The van der Waals surface area contributed by atoms with Gasteiger partial charge in [0.15, 0.2) is 11.9 Å². The highest BCUT2D eigenvalue weighted by molar-refractivity contribution is 5.73. The second kappa shape index (κ2) is 3.31. The van der Waals surface area contributed by atoms with E-state index < -0.39 is 12.0 Å². The van der Waals surface area contributed by atoms with Gasteiger partial charge in [-0.25, -0.2) is 9.67 Å². The SMILES string of the molecule is CCn1ncnc1C(N)C(=O)O. The Balaban J connectivity index is 2.93. The first-order chi connectivity index (χ1) is 5.66. The fourth-order valence-electron chi connectivity index (χ4n) is 0.868. The van der Waals surface area contributed by atoms with E-state index in [-0.39, 0.29) is 5.82 Å². The fourth-order valence-corrected chi connectivity index (χ4v) is 0.868. The zero-order valence-corrected chi connectivity index (χ0v) is 6.64. The van der Waals surface area contributed by atoms with Crippen LogP contribution in [0.25, 0.3) is 0 Å². The van der Waals surface area contributed by atoms with Gasteiger partial charge in [-0.1, -0.05) is 0 Å². The lowest BCUT2D eigenvalue weighted by molar-refractivity contribution is -0.138. The maximum absolute atomic E-state index is 10.5. The summed E-state index contributed by atoms with van der Waals surface area (Å²) in [6.07, 6.45) is 1.29. The average molecular weight is 170 g/mol. The Labute approximate surface area is 69.0 Å². The summed E-state index contributed by atoms with van der Waals surface area (Å²) in [5.41, 5.74) is 5.34. The van der Waals surface area contributed by atoms with E-state index in [0.717, 1.165) is 0 Å². The summed E-state index contributed by atoms with van der Waals surface area (Å²) in [7, 11) is 0. The van der Waals surface area contributed by atoms with Gasteiger partial charge >= 0.3 is 5.97 Å². The second-order valence-corrected chi connectivity index (χ2v) is 2.25. The molecule has 0 amide bonds. The van der Waals surface area contributed by atoms with Gasteiger partial charge in [0, 0.05) is 6.54 Å². The Morgan fingerprint density at radius 2 is 2.58 bits per heavy atom. The molecule has 0 fully saturated rings. The van der Waals surface area contributed by atoms with Gasteiger partial charge < -0.3 is 10.8 Å². The van der Waals surface area contributed by atoms with Crippen LogP contribution in [-0.2, 0) is 11.3 Å². The number of carbonyl (C=O) groups is 1. The monoisotopic (exact) mass is 170 g/mol. The Morgan fingerprint density at radius 1 is 1.92 bits per heavy atom. The van der Waals surface area contributed by atoms with Gasteiger partial charge in [-0.3, -0.25) is 4.79 Å². The van der Waals surface area contributed by atoms with Crippen LogP contribution in [0.15, 0.2) is 6.33 Å². The van der Waals surface area contributed by atoms with Gasteiger partial charge in [-0.15, -0.1) is 0 Å². The van der Waals surface area contributed by atoms with E-state index >= 15 is 0 Å². The number of hydrogen-bond acceptors (Lipinski definition) is 4. The van der Waals surface area contributed by atoms with E-state index in [1.165, 1.54) is 11.0 Å². The van der Waals surface area contributed by atoms with Crippen molar-refractivity contribution in [2.45, 2.75) is 19.5 Å². The molecule has 66 valence electrons. The molecule has 0 saturated heterocycles. The number of nitrogens with two attached hydrogens (primary N) is 1. The maximum atomic E-state index is 10.5. The molecule has 0 aliphatic carbocycles. The molecule has 0 saturated carbocycles. The summed E-state index contributed by atoms with van der Waals surface area (Å²) >= 11 is 0. The molecule has 1 heterocycles. The van der Waals surface area contributed by atoms with Crippen molar-refractivity contribution in [2.75, 3.05) is 0 Å². The molecule has 6 heteroatoms. The molecule has 0 radical (unpaired) electrons. The zero-order valence-electron chi connectivity index (χ0n) is 6.64. The van der Waals surface area contributed by atoms with Crippen molar-refractivity contribution in [1.82, 2.24) is 14.8 Å². The number of carboxylic acids is 1. The van der Waals surface area contributed by atoms with Crippen LogP contribution >= 0.6 is 0 Å². The van der Waals surface area contributed by atoms with Gasteiger partial charge in [0.25, 0.3) is 0 Å². The normalized spacial score (nSPS) is 12.8. The number of carboxylic acid groups (broad SMARTS) is 1. The minimum atomic E-state index is -1.10. The largest absolute Gasteiger partial charge is 0.480 e. The molecule has 6 nitrogen and oxygen atoms in total. The molecule has 1 aromatic heterocycles. The van der Waals surface area contributed by atoms with Gasteiger partial charge in [-0.05, 0) is 6.92 Å². The molecule has 0 spiro atoms. The molecule has 1 rings (SSSR count). The Hall–Kier alpha value is -1.43. The summed E-state index contributed by atoms with van der Waals surface area (Å²) < 4.78 is 1.46. The van der Waals surface area contributed by atoms with Crippen LogP contribution in [0.2, 0.25) is 0 Å². The van der Waals surface area contributed by atoms with Crippen LogP contribution in [0.5, 0.6) is 0 Å². The first-order valence-electron chi connectivity index (χ1n) is 3.53. The predicted molar refractivity (Wildman–Crippen MR) is 40.3 cm³/mol. The first kappa shape index (κ1) is 8.66. The molecule has 1 atom stereocenters. The third kappa shape index (κ3) is 1.42. The molecular weight excluding hydrogens is 160 g/mol. The van der Waals surface area contributed by atoms with E-state index in [4.69, 9.17) is 10.8 Å². The summed E-state index contributed by atoms with van der Waals surface area (Å²) in [5, 5.41) is 12.4. The second-order valence-electron chi connectivity index (χ2n) is 2.25. The van der Waals surface area contributed by atoms with E-state index in [1.807, 2.05) is 6.92 Å². The highest BCUT2D eigenvalue weighted by Gasteiger charge is 2.19. The maximum Gasteiger partial charge on any atom is 0.328 e. The minimum absolute atomic E-state index is 0.282.